The first kappa shape index (κ1) is 15.5. The van der Waals surface area contributed by atoms with Gasteiger partial charge >= 0.3 is 0 Å². The van der Waals surface area contributed by atoms with E-state index in [1.807, 2.05) is 0 Å². The van der Waals surface area contributed by atoms with Gasteiger partial charge in [0.1, 0.15) is 5.75 Å². The first-order valence-electron chi connectivity index (χ1n) is 5.70. The van der Waals surface area contributed by atoms with E-state index in [4.69, 9.17) is 4.74 Å². The minimum atomic E-state index is -0.656. The highest BCUT2D eigenvalue weighted by molar-refractivity contribution is 9.10. The Bertz CT molecular complexity index is 495. The number of hydrogen-bond donors (Lipinski definition) is 2. The van der Waals surface area contributed by atoms with Crippen LogP contribution in [0.5, 0.6) is 5.75 Å². The molecular formula is C13H17BrN2O3. The molecule has 0 radical (unpaired) electrons. The lowest BCUT2D eigenvalue weighted by molar-refractivity contribution is -0.117. The summed E-state index contributed by atoms with van der Waals surface area (Å²) in [5, 5.41) is 5.41. The van der Waals surface area contributed by atoms with Gasteiger partial charge in [0.15, 0.2) is 0 Å². The number of nitrogens with one attached hydrogen (secondary N) is 2. The number of carbonyl (C=O) groups is 2. The van der Waals surface area contributed by atoms with Crippen LogP contribution >= 0.6 is 15.9 Å². The highest BCUT2D eigenvalue weighted by atomic mass is 79.9. The number of methoxy groups -OCH3 is 1. The molecule has 0 atom stereocenters. The van der Waals surface area contributed by atoms with Crippen molar-refractivity contribution in [2.45, 2.75) is 25.1 Å². The van der Waals surface area contributed by atoms with Crippen molar-refractivity contribution < 1.29 is 14.3 Å². The first-order chi connectivity index (χ1) is 8.74. The molecule has 2 amide bonds. The lowest BCUT2D eigenvalue weighted by atomic mass is 10.2. The van der Waals surface area contributed by atoms with Crippen LogP contribution in [0, 0.1) is 0 Å². The number of amides is 2. The topological polar surface area (TPSA) is 67.4 Å². The van der Waals surface area contributed by atoms with E-state index in [1.54, 1.807) is 32.0 Å². The molecular weight excluding hydrogens is 312 g/mol. The summed E-state index contributed by atoms with van der Waals surface area (Å²) in [6.07, 6.45) is 0. The number of rotatable bonds is 4. The van der Waals surface area contributed by atoms with Gasteiger partial charge in [-0.15, -0.1) is 0 Å². The minimum absolute atomic E-state index is 0.165. The molecule has 104 valence electrons. The summed E-state index contributed by atoms with van der Waals surface area (Å²) in [6, 6.07) is 5.03. The second-order valence-corrected chi connectivity index (χ2v) is 6.51. The minimum Gasteiger partial charge on any atom is -0.494 e. The van der Waals surface area contributed by atoms with Crippen molar-refractivity contribution >= 4 is 39.1 Å². The molecule has 1 rings (SSSR count). The van der Waals surface area contributed by atoms with Crippen molar-refractivity contribution in [3.63, 3.8) is 0 Å². The van der Waals surface area contributed by atoms with Crippen LogP contribution in [0.2, 0.25) is 0 Å². The van der Waals surface area contributed by atoms with Crippen molar-refractivity contribution in [3.8, 4) is 5.75 Å². The van der Waals surface area contributed by atoms with Gasteiger partial charge in [-0.3, -0.25) is 9.59 Å². The molecule has 19 heavy (non-hydrogen) atoms. The molecule has 0 heterocycles. The standard InChI is InChI=1S/C13H17BrN2O3/c1-8(17)15-10-6-5-9(7-11(10)19-4)16-12(18)13(2,3)14/h5-7H,1-4H3,(H,15,17)(H,16,18). The number of alkyl halides is 1. The van der Waals surface area contributed by atoms with Crippen molar-refractivity contribution in [1.82, 2.24) is 0 Å². The Labute approximate surface area is 120 Å². The van der Waals surface area contributed by atoms with E-state index in [1.165, 1.54) is 14.0 Å². The Kier molecular flexibility index (Phi) is 4.94. The summed E-state index contributed by atoms with van der Waals surface area (Å²) in [7, 11) is 1.50. The zero-order valence-electron chi connectivity index (χ0n) is 11.3. The number of halogens is 1. The molecule has 0 aliphatic rings. The molecule has 0 bridgehead atoms. The molecule has 5 nitrogen and oxygen atoms in total. The van der Waals surface area contributed by atoms with Crippen LogP contribution in [-0.2, 0) is 9.59 Å². The third kappa shape index (κ3) is 4.55. The van der Waals surface area contributed by atoms with Gasteiger partial charge in [-0.25, -0.2) is 0 Å². The van der Waals surface area contributed by atoms with Crippen molar-refractivity contribution in [2.24, 2.45) is 0 Å². The maximum atomic E-state index is 11.8. The van der Waals surface area contributed by atoms with Gasteiger partial charge in [0, 0.05) is 18.7 Å². The van der Waals surface area contributed by atoms with Gasteiger partial charge in [-0.05, 0) is 26.0 Å². The zero-order chi connectivity index (χ0) is 14.6. The normalized spacial score (nSPS) is 10.8. The van der Waals surface area contributed by atoms with Crippen LogP contribution in [0.1, 0.15) is 20.8 Å². The molecule has 1 aromatic carbocycles. The van der Waals surface area contributed by atoms with Gasteiger partial charge in [0.2, 0.25) is 11.8 Å². The number of anilines is 2. The maximum absolute atomic E-state index is 11.8. The summed E-state index contributed by atoms with van der Waals surface area (Å²) in [5.41, 5.74) is 1.16. The summed E-state index contributed by atoms with van der Waals surface area (Å²) in [6.45, 7) is 4.93. The zero-order valence-corrected chi connectivity index (χ0v) is 12.9. The van der Waals surface area contributed by atoms with E-state index >= 15 is 0 Å². The van der Waals surface area contributed by atoms with Crippen molar-refractivity contribution in [3.05, 3.63) is 18.2 Å². The molecule has 6 heteroatoms. The Balaban J connectivity index is 2.94. The van der Waals surface area contributed by atoms with Crippen molar-refractivity contribution in [1.29, 1.82) is 0 Å². The van der Waals surface area contributed by atoms with Crippen LogP contribution in [0.15, 0.2) is 18.2 Å². The summed E-state index contributed by atoms with van der Waals surface area (Å²) < 4.78 is 4.52. The van der Waals surface area contributed by atoms with Gasteiger partial charge in [0.25, 0.3) is 0 Å². The largest absolute Gasteiger partial charge is 0.494 e. The summed E-state index contributed by atoms with van der Waals surface area (Å²) in [4.78, 5) is 22.9. The van der Waals surface area contributed by atoms with Crippen LogP contribution in [-0.4, -0.2) is 23.2 Å². The number of benzene rings is 1. The fourth-order valence-electron chi connectivity index (χ4n) is 1.34. The monoisotopic (exact) mass is 328 g/mol. The predicted molar refractivity (Wildman–Crippen MR) is 78.9 cm³/mol. The molecule has 0 saturated heterocycles. The fourth-order valence-corrected chi connectivity index (χ4v) is 1.44. The van der Waals surface area contributed by atoms with Crippen LogP contribution in [0.3, 0.4) is 0 Å². The second-order valence-electron chi connectivity index (χ2n) is 4.52. The van der Waals surface area contributed by atoms with E-state index in [-0.39, 0.29) is 11.8 Å². The second kappa shape index (κ2) is 6.06. The Morgan fingerprint density at radius 2 is 1.89 bits per heavy atom. The maximum Gasteiger partial charge on any atom is 0.240 e. The summed E-state index contributed by atoms with van der Waals surface area (Å²) in [5.74, 6) is 0.138. The molecule has 0 fully saturated rings. The van der Waals surface area contributed by atoms with Crippen LogP contribution in [0.25, 0.3) is 0 Å². The SMILES string of the molecule is COc1cc(NC(=O)C(C)(C)Br)ccc1NC(C)=O. The third-order valence-electron chi connectivity index (χ3n) is 2.31. The van der Waals surface area contributed by atoms with Gasteiger partial charge < -0.3 is 15.4 Å². The molecule has 1 aromatic rings. The van der Waals surface area contributed by atoms with E-state index in [0.717, 1.165) is 0 Å². The fraction of sp³-hybridized carbons (Fsp3) is 0.385. The predicted octanol–water partition coefficient (Wildman–Crippen LogP) is 2.77. The highest BCUT2D eigenvalue weighted by Crippen LogP contribution is 2.29. The summed E-state index contributed by atoms with van der Waals surface area (Å²) >= 11 is 3.28. The molecule has 0 aliphatic carbocycles. The van der Waals surface area contributed by atoms with Crippen LogP contribution in [0.4, 0.5) is 11.4 Å². The van der Waals surface area contributed by atoms with E-state index in [9.17, 15) is 9.59 Å². The lowest BCUT2D eigenvalue weighted by Crippen LogP contribution is -2.30. The van der Waals surface area contributed by atoms with Gasteiger partial charge in [0.05, 0.1) is 17.1 Å². The van der Waals surface area contributed by atoms with E-state index < -0.39 is 4.32 Å². The molecule has 0 unspecified atom stereocenters. The molecule has 0 spiro atoms. The Hall–Kier alpha value is -1.56. The number of carbonyl (C=O) groups excluding carboxylic acids is 2. The van der Waals surface area contributed by atoms with Gasteiger partial charge in [-0.1, -0.05) is 15.9 Å². The van der Waals surface area contributed by atoms with E-state index in [0.29, 0.717) is 17.1 Å². The molecule has 0 saturated carbocycles. The number of ether oxygens (including phenoxy) is 1. The average molecular weight is 329 g/mol. The Morgan fingerprint density at radius 3 is 2.37 bits per heavy atom. The smallest absolute Gasteiger partial charge is 0.240 e. The first-order valence-corrected chi connectivity index (χ1v) is 6.49. The number of hydrogen-bond acceptors (Lipinski definition) is 3. The molecule has 0 aromatic heterocycles. The van der Waals surface area contributed by atoms with Crippen LogP contribution < -0.4 is 15.4 Å². The third-order valence-corrected chi connectivity index (χ3v) is 2.67. The quantitative estimate of drug-likeness (QED) is 0.835. The Morgan fingerprint density at radius 1 is 1.26 bits per heavy atom. The van der Waals surface area contributed by atoms with Gasteiger partial charge in [-0.2, -0.15) is 0 Å². The van der Waals surface area contributed by atoms with Crippen molar-refractivity contribution in [2.75, 3.05) is 17.7 Å². The highest BCUT2D eigenvalue weighted by Gasteiger charge is 2.23. The molecule has 0 aliphatic heterocycles. The molecule has 2 N–H and O–H groups in total. The van der Waals surface area contributed by atoms with E-state index in [2.05, 4.69) is 26.6 Å². The lowest BCUT2D eigenvalue weighted by Gasteiger charge is -2.17. The average Bonchev–Trinajstić information content (AvgIpc) is 2.29.